The summed E-state index contributed by atoms with van der Waals surface area (Å²) >= 11 is 0. The van der Waals surface area contributed by atoms with Gasteiger partial charge in [-0.15, -0.1) is 0 Å². The Morgan fingerprint density at radius 1 is 1.11 bits per heavy atom. The second kappa shape index (κ2) is 7.10. The van der Waals surface area contributed by atoms with Crippen LogP contribution in [0.15, 0.2) is 0 Å². The summed E-state index contributed by atoms with van der Waals surface area (Å²) in [7, 11) is 0. The van der Waals surface area contributed by atoms with E-state index in [1.807, 2.05) is 5.01 Å². The molecule has 0 aromatic carbocycles. The highest BCUT2D eigenvalue weighted by molar-refractivity contribution is 5.80. The summed E-state index contributed by atoms with van der Waals surface area (Å²) in [6, 6.07) is -0.324. The lowest BCUT2D eigenvalue weighted by Crippen LogP contribution is -2.51. The molecule has 1 atom stereocenters. The smallest absolute Gasteiger partial charge is 0.251 e. The number of carbonyl (C=O) groups excluding carboxylic acids is 1. The first-order valence-corrected chi connectivity index (χ1v) is 7.57. The van der Waals surface area contributed by atoms with Gasteiger partial charge in [0.15, 0.2) is 0 Å². The van der Waals surface area contributed by atoms with E-state index in [9.17, 15) is 4.79 Å². The van der Waals surface area contributed by atoms with Gasteiger partial charge in [-0.25, -0.2) is 5.01 Å². The molecule has 1 unspecified atom stereocenters. The Hall–Kier alpha value is -0.610. The van der Waals surface area contributed by atoms with E-state index < -0.39 is 0 Å². The third-order valence-corrected chi connectivity index (χ3v) is 4.27. The van der Waals surface area contributed by atoms with E-state index in [2.05, 4.69) is 5.43 Å². The maximum Gasteiger partial charge on any atom is 0.251 e. The summed E-state index contributed by atoms with van der Waals surface area (Å²) < 4.78 is 0. The van der Waals surface area contributed by atoms with E-state index in [-0.39, 0.29) is 11.9 Å². The van der Waals surface area contributed by atoms with Gasteiger partial charge in [-0.05, 0) is 25.2 Å². The maximum atomic E-state index is 12.0. The number of hydrazine groups is 1. The van der Waals surface area contributed by atoms with Crippen molar-refractivity contribution in [3.63, 3.8) is 0 Å². The minimum Gasteiger partial charge on any atom is -0.320 e. The molecular weight excluding hydrogens is 226 g/mol. The average Bonchev–Trinajstić information content (AvgIpc) is 2.41. The molecule has 2 fully saturated rings. The Kier molecular flexibility index (Phi) is 5.45. The van der Waals surface area contributed by atoms with Crippen molar-refractivity contribution in [2.75, 3.05) is 13.1 Å². The van der Waals surface area contributed by atoms with Crippen molar-refractivity contribution in [2.45, 2.75) is 63.8 Å². The molecule has 2 rings (SSSR count). The van der Waals surface area contributed by atoms with Gasteiger partial charge in [0, 0.05) is 13.1 Å². The SMILES string of the molecule is NC(CC1CCCCC1)C(=O)NN1CCCCC1. The normalized spacial score (nSPS) is 24.7. The maximum absolute atomic E-state index is 12.0. The number of nitrogens with zero attached hydrogens (tertiary/aromatic N) is 1. The fourth-order valence-electron chi connectivity index (χ4n) is 3.13. The van der Waals surface area contributed by atoms with Crippen molar-refractivity contribution in [1.82, 2.24) is 10.4 Å². The first-order chi connectivity index (χ1) is 8.75. The second-order valence-electron chi connectivity index (χ2n) is 5.87. The van der Waals surface area contributed by atoms with Crippen molar-refractivity contribution >= 4 is 5.91 Å². The molecular formula is C14H27N3O. The van der Waals surface area contributed by atoms with Crippen LogP contribution in [0.25, 0.3) is 0 Å². The summed E-state index contributed by atoms with van der Waals surface area (Å²) in [6.07, 6.45) is 11.0. The number of carbonyl (C=O) groups is 1. The molecule has 1 aliphatic carbocycles. The standard InChI is InChI=1S/C14H27N3O/c15-13(11-12-7-3-1-4-8-12)14(18)16-17-9-5-2-6-10-17/h12-13H,1-11,15H2,(H,16,18). The molecule has 1 amide bonds. The highest BCUT2D eigenvalue weighted by Crippen LogP contribution is 2.26. The van der Waals surface area contributed by atoms with E-state index in [0.29, 0.717) is 5.92 Å². The van der Waals surface area contributed by atoms with Crippen LogP contribution in [0, 0.1) is 5.92 Å². The molecule has 0 radical (unpaired) electrons. The minimum atomic E-state index is -0.324. The molecule has 0 bridgehead atoms. The van der Waals surface area contributed by atoms with Crippen LogP contribution >= 0.6 is 0 Å². The minimum absolute atomic E-state index is 0.0162. The lowest BCUT2D eigenvalue weighted by atomic mass is 9.85. The Morgan fingerprint density at radius 2 is 1.72 bits per heavy atom. The van der Waals surface area contributed by atoms with E-state index in [4.69, 9.17) is 5.73 Å². The van der Waals surface area contributed by atoms with Gasteiger partial charge in [0.1, 0.15) is 0 Å². The van der Waals surface area contributed by atoms with Crippen molar-refractivity contribution in [1.29, 1.82) is 0 Å². The number of amides is 1. The van der Waals surface area contributed by atoms with Crippen LogP contribution in [-0.2, 0) is 4.79 Å². The Bertz CT molecular complexity index is 258. The fraction of sp³-hybridized carbons (Fsp3) is 0.929. The van der Waals surface area contributed by atoms with Gasteiger partial charge in [-0.1, -0.05) is 38.5 Å². The quantitative estimate of drug-likeness (QED) is 0.803. The van der Waals surface area contributed by atoms with Crippen molar-refractivity contribution in [3.05, 3.63) is 0 Å². The van der Waals surface area contributed by atoms with Crippen LogP contribution < -0.4 is 11.2 Å². The number of nitrogens with one attached hydrogen (secondary N) is 1. The molecule has 4 heteroatoms. The van der Waals surface area contributed by atoms with Gasteiger partial charge in [-0.3, -0.25) is 10.2 Å². The van der Waals surface area contributed by atoms with Gasteiger partial charge in [0.2, 0.25) is 0 Å². The first-order valence-electron chi connectivity index (χ1n) is 7.57. The summed E-state index contributed by atoms with van der Waals surface area (Å²) in [4.78, 5) is 12.0. The van der Waals surface area contributed by atoms with Crippen LogP contribution in [0.4, 0.5) is 0 Å². The Labute approximate surface area is 110 Å². The lowest BCUT2D eigenvalue weighted by molar-refractivity contribution is -0.128. The molecule has 1 saturated carbocycles. The number of piperidine rings is 1. The predicted octanol–water partition coefficient (Wildman–Crippen LogP) is 1.80. The highest BCUT2D eigenvalue weighted by Gasteiger charge is 2.22. The van der Waals surface area contributed by atoms with Gasteiger partial charge >= 0.3 is 0 Å². The zero-order valence-electron chi connectivity index (χ0n) is 11.4. The predicted molar refractivity (Wildman–Crippen MR) is 72.7 cm³/mol. The largest absolute Gasteiger partial charge is 0.320 e. The third-order valence-electron chi connectivity index (χ3n) is 4.27. The number of hydrogen-bond donors (Lipinski definition) is 2. The second-order valence-corrected chi connectivity index (χ2v) is 5.87. The van der Waals surface area contributed by atoms with Crippen LogP contribution in [0.1, 0.15) is 57.8 Å². The van der Waals surface area contributed by atoms with Crippen LogP contribution in [0.2, 0.25) is 0 Å². The van der Waals surface area contributed by atoms with Crippen molar-refractivity contribution in [2.24, 2.45) is 11.7 Å². The van der Waals surface area contributed by atoms with E-state index >= 15 is 0 Å². The summed E-state index contributed by atoms with van der Waals surface area (Å²) in [5.41, 5.74) is 9.00. The van der Waals surface area contributed by atoms with Crippen LogP contribution in [-0.4, -0.2) is 30.0 Å². The van der Waals surface area contributed by atoms with Gasteiger partial charge in [0.25, 0.3) is 5.91 Å². The highest BCUT2D eigenvalue weighted by atomic mass is 16.2. The van der Waals surface area contributed by atoms with E-state index in [0.717, 1.165) is 19.5 Å². The topological polar surface area (TPSA) is 58.4 Å². The molecule has 1 heterocycles. The molecule has 1 aliphatic heterocycles. The molecule has 3 N–H and O–H groups in total. The number of hydrogen-bond acceptors (Lipinski definition) is 3. The van der Waals surface area contributed by atoms with Crippen LogP contribution in [0.3, 0.4) is 0 Å². The lowest BCUT2D eigenvalue weighted by Gasteiger charge is -2.29. The Morgan fingerprint density at radius 3 is 2.39 bits per heavy atom. The monoisotopic (exact) mass is 253 g/mol. The van der Waals surface area contributed by atoms with Gasteiger partial charge in [-0.2, -0.15) is 0 Å². The molecule has 2 aliphatic rings. The first kappa shape index (κ1) is 13.8. The number of rotatable bonds is 4. The van der Waals surface area contributed by atoms with E-state index in [1.165, 1.54) is 51.4 Å². The zero-order chi connectivity index (χ0) is 12.8. The molecule has 1 saturated heterocycles. The molecule has 4 nitrogen and oxygen atoms in total. The Balaban J connectivity index is 1.69. The fourth-order valence-corrected chi connectivity index (χ4v) is 3.13. The molecule has 104 valence electrons. The molecule has 18 heavy (non-hydrogen) atoms. The summed E-state index contributed by atoms with van der Waals surface area (Å²) in [5, 5.41) is 2.03. The summed E-state index contributed by atoms with van der Waals surface area (Å²) in [6.45, 7) is 1.95. The molecule has 0 aromatic heterocycles. The average molecular weight is 253 g/mol. The van der Waals surface area contributed by atoms with Crippen LogP contribution in [0.5, 0.6) is 0 Å². The molecule has 0 aromatic rings. The summed E-state index contributed by atoms with van der Waals surface area (Å²) in [5.74, 6) is 0.684. The van der Waals surface area contributed by atoms with Gasteiger partial charge < -0.3 is 5.73 Å². The van der Waals surface area contributed by atoms with Crippen molar-refractivity contribution in [3.8, 4) is 0 Å². The number of nitrogens with two attached hydrogens (primary N) is 1. The zero-order valence-corrected chi connectivity index (χ0v) is 11.4. The molecule has 0 spiro atoms. The van der Waals surface area contributed by atoms with Crippen molar-refractivity contribution < 1.29 is 4.79 Å². The van der Waals surface area contributed by atoms with E-state index in [1.54, 1.807) is 0 Å². The van der Waals surface area contributed by atoms with Gasteiger partial charge in [0.05, 0.1) is 6.04 Å². The third kappa shape index (κ3) is 4.25.